The predicted octanol–water partition coefficient (Wildman–Crippen LogP) is 1.07. The molecule has 15 heavy (non-hydrogen) atoms. The van der Waals surface area contributed by atoms with E-state index in [0.29, 0.717) is 19.4 Å². The van der Waals surface area contributed by atoms with Crippen LogP contribution in [0.2, 0.25) is 0 Å². The number of nitrogens with one attached hydrogen (secondary N) is 1. The van der Waals surface area contributed by atoms with Crippen LogP contribution in [0.1, 0.15) is 38.5 Å². The molecule has 1 saturated carbocycles. The van der Waals surface area contributed by atoms with Gasteiger partial charge in [-0.2, -0.15) is 0 Å². The van der Waals surface area contributed by atoms with Gasteiger partial charge < -0.3 is 10.4 Å². The normalized spacial score (nSPS) is 25.6. The van der Waals surface area contributed by atoms with E-state index < -0.39 is 0 Å². The van der Waals surface area contributed by atoms with Crippen LogP contribution in [-0.2, 0) is 4.79 Å². The summed E-state index contributed by atoms with van der Waals surface area (Å²) in [5.41, 5.74) is 0. The Morgan fingerprint density at radius 2 is 2.20 bits per heavy atom. The number of aliphatic hydroxyl groups excluding tert-OH is 1. The Balaban J connectivity index is 2.18. The lowest BCUT2D eigenvalue weighted by Gasteiger charge is -2.27. The average molecular weight is 209 g/mol. The van der Waals surface area contributed by atoms with Crippen molar-refractivity contribution in [3.63, 3.8) is 0 Å². The van der Waals surface area contributed by atoms with Crippen LogP contribution in [-0.4, -0.2) is 23.7 Å². The van der Waals surface area contributed by atoms with Gasteiger partial charge in [-0.1, -0.05) is 12.8 Å². The molecule has 0 bridgehead atoms. The Kier molecular flexibility index (Phi) is 5.20. The number of carbonyl (C=O) groups excluding carboxylic acids is 1. The van der Waals surface area contributed by atoms with Crippen molar-refractivity contribution >= 4 is 5.91 Å². The SMILES string of the molecule is C#CCCC(=O)NCC1CCCCC1O. The van der Waals surface area contributed by atoms with Gasteiger partial charge >= 0.3 is 0 Å². The van der Waals surface area contributed by atoms with Crippen molar-refractivity contribution in [2.45, 2.75) is 44.6 Å². The van der Waals surface area contributed by atoms with Crippen molar-refractivity contribution in [2.75, 3.05) is 6.54 Å². The third-order valence-electron chi connectivity index (χ3n) is 2.93. The van der Waals surface area contributed by atoms with Crippen LogP contribution >= 0.6 is 0 Å². The second-order valence-electron chi connectivity index (χ2n) is 4.12. The number of carbonyl (C=O) groups is 1. The van der Waals surface area contributed by atoms with E-state index in [1.807, 2.05) is 0 Å². The highest BCUT2D eigenvalue weighted by atomic mass is 16.3. The van der Waals surface area contributed by atoms with Crippen molar-refractivity contribution in [1.29, 1.82) is 0 Å². The molecule has 1 rings (SSSR count). The molecule has 0 aliphatic heterocycles. The summed E-state index contributed by atoms with van der Waals surface area (Å²) in [6.45, 7) is 0.588. The fourth-order valence-corrected chi connectivity index (χ4v) is 1.95. The Hall–Kier alpha value is -1.01. The molecule has 0 aromatic heterocycles. The van der Waals surface area contributed by atoms with E-state index in [2.05, 4.69) is 11.2 Å². The molecule has 0 heterocycles. The zero-order chi connectivity index (χ0) is 11.1. The highest BCUT2D eigenvalue weighted by molar-refractivity contribution is 5.76. The van der Waals surface area contributed by atoms with E-state index in [0.717, 1.165) is 25.7 Å². The van der Waals surface area contributed by atoms with Crippen LogP contribution in [0.4, 0.5) is 0 Å². The van der Waals surface area contributed by atoms with Gasteiger partial charge in [0.15, 0.2) is 0 Å². The first-order valence-electron chi connectivity index (χ1n) is 5.62. The largest absolute Gasteiger partial charge is 0.393 e. The van der Waals surface area contributed by atoms with Crippen LogP contribution in [0, 0.1) is 18.3 Å². The summed E-state index contributed by atoms with van der Waals surface area (Å²) in [5.74, 6) is 2.66. The molecule has 3 heteroatoms. The van der Waals surface area contributed by atoms with E-state index >= 15 is 0 Å². The van der Waals surface area contributed by atoms with Gasteiger partial charge in [-0.3, -0.25) is 4.79 Å². The lowest BCUT2D eigenvalue weighted by molar-refractivity contribution is -0.121. The van der Waals surface area contributed by atoms with Crippen LogP contribution < -0.4 is 5.32 Å². The van der Waals surface area contributed by atoms with Crippen LogP contribution in [0.3, 0.4) is 0 Å². The molecular weight excluding hydrogens is 190 g/mol. The first-order chi connectivity index (χ1) is 7.24. The van der Waals surface area contributed by atoms with Gasteiger partial charge in [-0.15, -0.1) is 12.3 Å². The maximum Gasteiger partial charge on any atom is 0.220 e. The fraction of sp³-hybridized carbons (Fsp3) is 0.750. The average Bonchev–Trinajstić information content (AvgIpc) is 2.25. The first-order valence-corrected chi connectivity index (χ1v) is 5.62. The topological polar surface area (TPSA) is 49.3 Å². The molecule has 3 nitrogen and oxygen atoms in total. The number of hydrogen-bond donors (Lipinski definition) is 2. The zero-order valence-corrected chi connectivity index (χ0v) is 9.04. The minimum absolute atomic E-state index is 0.00859. The predicted molar refractivity (Wildman–Crippen MR) is 59.0 cm³/mol. The molecule has 1 fully saturated rings. The van der Waals surface area contributed by atoms with E-state index in [4.69, 9.17) is 6.42 Å². The van der Waals surface area contributed by atoms with Crippen molar-refractivity contribution < 1.29 is 9.90 Å². The van der Waals surface area contributed by atoms with Crippen LogP contribution in [0.5, 0.6) is 0 Å². The monoisotopic (exact) mass is 209 g/mol. The molecule has 84 valence electrons. The maximum absolute atomic E-state index is 11.3. The Morgan fingerprint density at radius 1 is 1.47 bits per heavy atom. The van der Waals surface area contributed by atoms with E-state index in [1.165, 1.54) is 0 Å². The maximum atomic E-state index is 11.3. The number of terminal acetylenes is 1. The smallest absolute Gasteiger partial charge is 0.220 e. The third kappa shape index (κ3) is 4.35. The molecule has 0 radical (unpaired) electrons. The fourth-order valence-electron chi connectivity index (χ4n) is 1.95. The Morgan fingerprint density at radius 3 is 2.87 bits per heavy atom. The summed E-state index contributed by atoms with van der Waals surface area (Å²) in [6.07, 6.45) is 9.83. The van der Waals surface area contributed by atoms with Gasteiger partial charge in [0.2, 0.25) is 5.91 Å². The molecule has 0 spiro atoms. The quantitative estimate of drug-likeness (QED) is 0.680. The number of amides is 1. The van der Waals surface area contributed by atoms with Crippen molar-refractivity contribution in [3.05, 3.63) is 0 Å². The molecule has 1 amide bonds. The molecule has 2 atom stereocenters. The molecule has 2 N–H and O–H groups in total. The van der Waals surface area contributed by atoms with E-state index in [1.54, 1.807) is 0 Å². The number of aliphatic hydroxyl groups is 1. The van der Waals surface area contributed by atoms with E-state index in [-0.39, 0.29) is 17.9 Å². The van der Waals surface area contributed by atoms with Crippen molar-refractivity contribution in [2.24, 2.45) is 5.92 Å². The lowest BCUT2D eigenvalue weighted by atomic mass is 9.86. The van der Waals surface area contributed by atoms with Crippen LogP contribution in [0.25, 0.3) is 0 Å². The number of hydrogen-bond acceptors (Lipinski definition) is 2. The number of rotatable bonds is 4. The van der Waals surface area contributed by atoms with Gasteiger partial charge in [0, 0.05) is 25.3 Å². The molecule has 0 saturated heterocycles. The Labute approximate surface area is 91.3 Å². The molecule has 1 aliphatic rings. The van der Waals surface area contributed by atoms with Crippen LogP contribution in [0.15, 0.2) is 0 Å². The molecule has 0 aromatic rings. The van der Waals surface area contributed by atoms with Gasteiger partial charge in [0.25, 0.3) is 0 Å². The molecule has 1 aliphatic carbocycles. The molecular formula is C12H19NO2. The standard InChI is InChI=1S/C12H19NO2/c1-2-3-8-12(15)13-9-10-6-4-5-7-11(10)14/h1,10-11,14H,3-9H2,(H,13,15). The third-order valence-corrected chi connectivity index (χ3v) is 2.93. The zero-order valence-electron chi connectivity index (χ0n) is 9.04. The lowest BCUT2D eigenvalue weighted by Crippen LogP contribution is -2.36. The van der Waals surface area contributed by atoms with Crippen molar-refractivity contribution in [3.8, 4) is 12.3 Å². The van der Waals surface area contributed by atoms with E-state index in [9.17, 15) is 9.90 Å². The van der Waals surface area contributed by atoms with Gasteiger partial charge in [0.05, 0.1) is 6.10 Å². The summed E-state index contributed by atoms with van der Waals surface area (Å²) >= 11 is 0. The second-order valence-corrected chi connectivity index (χ2v) is 4.12. The summed E-state index contributed by atoms with van der Waals surface area (Å²) in [5, 5.41) is 12.5. The highest BCUT2D eigenvalue weighted by Gasteiger charge is 2.22. The van der Waals surface area contributed by atoms with Gasteiger partial charge in [-0.05, 0) is 12.8 Å². The van der Waals surface area contributed by atoms with Crippen molar-refractivity contribution in [1.82, 2.24) is 5.32 Å². The minimum Gasteiger partial charge on any atom is -0.393 e. The van der Waals surface area contributed by atoms with Gasteiger partial charge in [0.1, 0.15) is 0 Å². The molecule has 2 unspecified atom stereocenters. The summed E-state index contributed by atoms with van der Waals surface area (Å²) in [4.78, 5) is 11.3. The minimum atomic E-state index is -0.244. The van der Waals surface area contributed by atoms with Gasteiger partial charge in [-0.25, -0.2) is 0 Å². The molecule has 0 aromatic carbocycles. The Bertz CT molecular complexity index is 244. The summed E-state index contributed by atoms with van der Waals surface area (Å²) in [6, 6.07) is 0. The summed E-state index contributed by atoms with van der Waals surface area (Å²) < 4.78 is 0. The first kappa shape index (κ1) is 12.1. The highest BCUT2D eigenvalue weighted by Crippen LogP contribution is 2.23. The second kappa shape index (κ2) is 6.47. The summed E-state index contributed by atoms with van der Waals surface area (Å²) in [7, 11) is 0.